The normalized spacial score (nSPS) is 10.4. The SMILES string of the molecule is CNCCc1ccccc1C(=O)c1ccoc1. The summed E-state index contributed by atoms with van der Waals surface area (Å²) in [6, 6.07) is 9.38. The summed E-state index contributed by atoms with van der Waals surface area (Å²) in [5.74, 6) is 0.0189. The highest BCUT2D eigenvalue weighted by Crippen LogP contribution is 2.15. The molecule has 2 rings (SSSR count). The van der Waals surface area contributed by atoms with Crippen LogP contribution in [0.3, 0.4) is 0 Å². The van der Waals surface area contributed by atoms with Crippen molar-refractivity contribution in [2.75, 3.05) is 13.6 Å². The minimum absolute atomic E-state index is 0.0189. The van der Waals surface area contributed by atoms with E-state index in [1.54, 1.807) is 6.07 Å². The summed E-state index contributed by atoms with van der Waals surface area (Å²) in [5.41, 5.74) is 2.42. The predicted octanol–water partition coefficient (Wildman–Crippen LogP) is 2.27. The maximum Gasteiger partial charge on any atom is 0.196 e. The highest BCUT2D eigenvalue weighted by Gasteiger charge is 2.13. The van der Waals surface area contributed by atoms with Crippen molar-refractivity contribution in [1.82, 2.24) is 5.32 Å². The highest BCUT2D eigenvalue weighted by atomic mass is 16.3. The van der Waals surface area contributed by atoms with Crippen molar-refractivity contribution in [1.29, 1.82) is 0 Å². The molecule has 0 amide bonds. The highest BCUT2D eigenvalue weighted by molar-refractivity contribution is 6.09. The average molecular weight is 229 g/mol. The molecule has 1 aromatic heterocycles. The molecule has 0 spiro atoms. The van der Waals surface area contributed by atoms with E-state index in [-0.39, 0.29) is 5.78 Å². The maximum absolute atomic E-state index is 12.2. The van der Waals surface area contributed by atoms with Crippen LogP contribution >= 0.6 is 0 Å². The lowest BCUT2D eigenvalue weighted by molar-refractivity contribution is 0.103. The van der Waals surface area contributed by atoms with Crippen molar-refractivity contribution in [2.24, 2.45) is 0 Å². The van der Waals surface area contributed by atoms with Gasteiger partial charge in [0, 0.05) is 5.56 Å². The van der Waals surface area contributed by atoms with Gasteiger partial charge in [0.25, 0.3) is 0 Å². The Labute approximate surface area is 100 Å². The molecule has 0 saturated heterocycles. The molecule has 3 nitrogen and oxygen atoms in total. The van der Waals surface area contributed by atoms with Crippen LogP contribution in [0.1, 0.15) is 21.5 Å². The Balaban J connectivity index is 2.28. The standard InChI is InChI=1S/C14H15NO2/c1-15-8-6-11-4-2-3-5-13(11)14(16)12-7-9-17-10-12/h2-5,7,9-10,15H,6,8H2,1H3. The zero-order chi connectivity index (χ0) is 12.1. The summed E-state index contributed by atoms with van der Waals surface area (Å²) in [5, 5.41) is 3.09. The Kier molecular flexibility index (Phi) is 3.73. The van der Waals surface area contributed by atoms with Crippen LogP contribution < -0.4 is 5.32 Å². The van der Waals surface area contributed by atoms with Crippen LogP contribution in [0.5, 0.6) is 0 Å². The Morgan fingerprint density at radius 3 is 2.82 bits per heavy atom. The topological polar surface area (TPSA) is 42.2 Å². The smallest absolute Gasteiger partial charge is 0.196 e. The number of rotatable bonds is 5. The van der Waals surface area contributed by atoms with Gasteiger partial charge in [-0.05, 0) is 31.6 Å². The molecular weight excluding hydrogens is 214 g/mol. The Morgan fingerprint density at radius 2 is 2.12 bits per heavy atom. The lowest BCUT2D eigenvalue weighted by atomic mass is 9.98. The van der Waals surface area contributed by atoms with Crippen LogP contribution in [0, 0.1) is 0 Å². The molecule has 0 aliphatic heterocycles. The van der Waals surface area contributed by atoms with Crippen LogP contribution in [-0.2, 0) is 6.42 Å². The number of likely N-dealkylation sites (N-methyl/N-ethyl adjacent to an activating group) is 1. The molecule has 17 heavy (non-hydrogen) atoms. The van der Waals surface area contributed by atoms with Gasteiger partial charge in [-0.15, -0.1) is 0 Å². The molecule has 0 unspecified atom stereocenters. The van der Waals surface area contributed by atoms with E-state index in [4.69, 9.17) is 4.42 Å². The van der Waals surface area contributed by atoms with Gasteiger partial charge in [-0.2, -0.15) is 0 Å². The van der Waals surface area contributed by atoms with Crippen molar-refractivity contribution < 1.29 is 9.21 Å². The second kappa shape index (κ2) is 5.46. The number of nitrogens with one attached hydrogen (secondary N) is 1. The maximum atomic E-state index is 12.2. The third-order valence-electron chi connectivity index (χ3n) is 2.69. The molecule has 1 aromatic carbocycles. The minimum Gasteiger partial charge on any atom is -0.472 e. The summed E-state index contributed by atoms with van der Waals surface area (Å²) in [7, 11) is 1.90. The second-order valence-corrected chi connectivity index (χ2v) is 3.85. The minimum atomic E-state index is 0.0189. The monoisotopic (exact) mass is 229 g/mol. The van der Waals surface area contributed by atoms with Crippen molar-refractivity contribution in [2.45, 2.75) is 6.42 Å². The van der Waals surface area contributed by atoms with Gasteiger partial charge in [0.15, 0.2) is 5.78 Å². The second-order valence-electron chi connectivity index (χ2n) is 3.85. The Hall–Kier alpha value is -1.87. The molecule has 1 N–H and O–H groups in total. The number of hydrogen-bond donors (Lipinski definition) is 1. The van der Waals surface area contributed by atoms with E-state index >= 15 is 0 Å². The third-order valence-corrected chi connectivity index (χ3v) is 2.69. The first-order valence-corrected chi connectivity index (χ1v) is 5.62. The van der Waals surface area contributed by atoms with E-state index in [1.807, 2.05) is 31.3 Å². The zero-order valence-corrected chi connectivity index (χ0v) is 9.77. The van der Waals surface area contributed by atoms with Gasteiger partial charge in [0.2, 0.25) is 0 Å². The quantitative estimate of drug-likeness (QED) is 0.800. The molecule has 0 aliphatic rings. The molecule has 0 atom stereocenters. The van der Waals surface area contributed by atoms with Crippen LogP contribution in [0.4, 0.5) is 0 Å². The van der Waals surface area contributed by atoms with Gasteiger partial charge in [-0.25, -0.2) is 0 Å². The van der Waals surface area contributed by atoms with Crippen molar-refractivity contribution >= 4 is 5.78 Å². The van der Waals surface area contributed by atoms with E-state index in [0.717, 1.165) is 24.1 Å². The van der Waals surface area contributed by atoms with Crippen molar-refractivity contribution in [3.05, 3.63) is 59.5 Å². The molecule has 0 aliphatic carbocycles. The molecule has 2 aromatic rings. The van der Waals surface area contributed by atoms with Crippen LogP contribution in [-0.4, -0.2) is 19.4 Å². The molecule has 1 heterocycles. The van der Waals surface area contributed by atoms with E-state index in [9.17, 15) is 4.79 Å². The van der Waals surface area contributed by atoms with Crippen molar-refractivity contribution in [3.63, 3.8) is 0 Å². The van der Waals surface area contributed by atoms with Crippen LogP contribution in [0.25, 0.3) is 0 Å². The third kappa shape index (κ3) is 2.63. The number of carbonyl (C=O) groups is 1. The summed E-state index contributed by atoms with van der Waals surface area (Å²) in [4.78, 5) is 12.2. The summed E-state index contributed by atoms with van der Waals surface area (Å²) >= 11 is 0. The molecular formula is C14H15NO2. The summed E-state index contributed by atoms with van der Waals surface area (Å²) in [6.45, 7) is 0.857. The first kappa shape index (κ1) is 11.6. The molecule has 0 radical (unpaired) electrons. The first-order chi connectivity index (χ1) is 8.33. The number of furan rings is 1. The first-order valence-electron chi connectivity index (χ1n) is 5.62. The molecule has 0 fully saturated rings. The molecule has 88 valence electrons. The van der Waals surface area contributed by atoms with Gasteiger partial charge in [-0.3, -0.25) is 4.79 Å². The van der Waals surface area contributed by atoms with Crippen LogP contribution in [0.15, 0.2) is 47.3 Å². The number of ketones is 1. The number of hydrogen-bond acceptors (Lipinski definition) is 3. The van der Waals surface area contributed by atoms with E-state index < -0.39 is 0 Å². The molecule has 3 heteroatoms. The number of benzene rings is 1. The van der Waals surface area contributed by atoms with Gasteiger partial charge >= 0.3 is 0 Å². The van der Waals surface area contributed by atoms with Gasteiger partial charge < -0.3 is 9.73 Å². The van der Waals surface area contributed by atoms with E-state index in [0.29, 0.717) is 5.56 Å². The van der Waals surface area contributed by atoms with Crippen molar-refractivity contribution in [3.8, 4) is 0 Å². The Morgan fingerprint density at radius 1 is 1.29 bits per heavy atom. The zero-order valence-electron chi connectivity index (χ0n) is 9.77. The van der Waals surface area contributed by atoms with E-state index in [2.05, 4.69) is 5.32 Å². The van der Waals surface area contributed by atoms with Gasteiger partial charge in [0.05, 0.1) is 11.8 Å². The number of carbonyl (C=O) groups excluding carboxylic acids is 1. The average Bonchev–Trinajstić information content (AvgIpc) is 2.89. The summed E-state index contributed by atoms with van der Waals surface area (Å²) in [6.07, 6.45) is 3.84. The predicted molar refractivity (Wildman–Crippen MR) is 66.2 cm³/mol. The molecule has 0 bridgehead atoms. The summed E-state index contributed by atoms with van der Waals surface area (Å²) < 4.78 is 4.94. The van der Waals surface area contributed by atoms with Gasteiger partial charge in [0.1, 0.15) is 6.26 Å². The fourth-order valence-corrected chi connectivity index (χ4v) is 1.77. The largest absolute Gasteiger partial charge is 0.472 e. The lowest BCUT2D eigenvalue weighted by Crippen LogP contribution is -2.13. The molecule has 0 saturated carbocycles. The lowest BCUT2D eigenvalue weighted by Gasteiger charge is -2.07. The fourth-order valence-electron chi connectivity index (χ4n) is 1.77. The Bertz CT molecular complexity index is 489. The van der Waals surface area contributed by atoms with Crippen LogP contribution in [0.2, 0.25) is 0 Å². The van der Waals surface area contributed by atoms with Gasteiger partial charge in [-0.1, -0.05) is 24.3 Å². The fraction of sp³-hybridized carbons (Fsp3) is 0.214. The van der Waals surface area contributed by atoms with E-state index in [1.165, 1.54) is 12.5 Å².